The summed E-state index contributed by atoms with van der Waals surface area (Å²) in [7, 11) is 1.83. The van der Waals surface area contributed by atoms with Crippen LogP contribution >= 0.6 is 0 Å². The largest absolute Gasteiger partial charge is 0.508 e. The number of phenolic OH excluding ortho intramolecular Hbond substituents is 1. The smallest absolute Gasteiger partial charge is 0.271 e. The Labute approximate surface area is 171 Å². The Balaban J connectivity index is 1.27. The van der Waals surface area contributed by atoms with E-state index in [1.54, 1.807) is 29.0 Å². The van der Waals surface area contributed by atoms with Crippen molar-refractivity contribution in [2.24, 2.45) is 13.0 Å². The van der Waals surface area contributed by atoms with Crippen LogP contribution in [-0.2, 0) is 7.05 Å². The van der Waals surface area contributed by atoms with Gasteiger partial charge in [0.1, 0.15) is 11.4 Å². The average molecular weight is 396 g/mol. The number of aromatic nitrogens is 1. The first-order valence-electron chi connectivity index (χ1n) is 10.5. The highest BCUT2D eigenvalue weighted by atomic mass is 16.3. The molecular weight excluding hydrogens is 366 g/mol. The van der Waals surface area contributed by atoms with Gasteiger partial charge in [0.15, 0.2) is 5.78 Å². The zero-order chi connectivity index (χ0) is 20.4. The first kappa shape index (κ1) is 19.6. The molecule has 1 aromatic carbocycles. The van der Waals surface area contributed by atoms with Gasteiger partial charge in [0.05, 0.1) is 0 Å². The molecule has 0 radical (unpaired) electrons. The molecule has 1 saturated heterocycles. The van der Waals surface area contributed by atoms with E-state index in [1.165, 1.54) is 5.69 Å². The molecule has 0 atom stereocenters. The number of benzene rings is 1. The third-order valence-corrected chi connectivity index (χ3v) is 6.34. The van der Waals surface area contributed by atoms with Gasteiger partial charge < -0.3 is 19.5 Å². The van der Waals surface area contributed by atoms with Crippen molar-refractivity contribution < 1.29 is 14.7 Å². The highest BCUT2D eigenvalue weighted by molar-refractivity contribution is 6.08. The number of hydrogen-bond acceptors (Lipinski definition) is 4. The van der Waals surface area contributed by atoms with E-state index in [2.05, 4.69) is 4.90 Å². The van der Waals surface area contributed by atoms with E-state index in [9.17, 15) is 14.7 Å². The summed E-state index contributed by atoms with van der Waals surface area (Å²) in [5.41, 5.74) is 2.27. The first-order chi connectivity index (χ1) is 14.0. The number of carbonyl (C=O) groups excluding carboxylic acids is 2. The molecule has 154 valence electrons. The van der Waals surface area contributed by atoms with Crippen LogP contribution in [-0.4, -0.2) is 52.4 Å². The van der Waals surface area contributed by atoms with Crippen LogP contribution in [0.4, 0.5) is 5.69 Å². The number of fused-ring (bicyclic) bond motifs is 1. The van der Waals surface area contributed by atoms with Gasteiger partial charge in [-0.15, -0.1) is 0 Å². The number of ketones is 1. The van der Waals surface area contributed by atoms with Gasteiger partial charge in [0.25, 0.3) is 5.91 Å². The minimum Gasteiger partial charge on any atom is -0.508 e. The number of aryl methyl sites for hydroxylation is 1. The highest BCUT2D eigenvalue weighted by Crippen LogP contribution is 2.27. The normalized spacial score (nSPS) is 18.1. The zero-order valence-electron chi connectivity index (χ0n) is 17.0. The Morgan fingerprint density at radius 3 is 2.48 bits per heavy atom. The number of anilines is 1. The topological polar surface area (TPSA) is 65.8 Å². The predicted molar refractivity (Wildman–Crippen MR) is 113 cm³/mol. The molecule has 3 heterocycles. The van der Waals surface area contributed by atoms with E-state index in [-0.39, 0.29) is 11.7 Å². The van der Waals surface area contributed by atoms with E-state index in [0.717, 1.165) is 45.3 Å². The summed E-state index contributed by atoms with van der Waals surface area (Å²) in [6, 6.07) is 9.19. The quantitative estimate of drug-likeness (QED) is 0.842. The third kappa shape index (κ3) is 4.16. The Morgan fingerprint density at radius 1 is 1.03 bits per heavy atom. The second kappa shape index (κ2) is 8.31. The lowest BCUT2D eigenvalue weighted by atomic mass is 9.92. The summed E-state index contributed by atoms with van der Waals surface area (Å²) in [6.07, 6.45) is 6.59. The van der Waals surface area contributed by atoms with Crippen LogP contribution in [0.25, 0.3) is 0 Å². The summed E-state index contributed by atoms with van der Waals surface area (Å²) in [5.74, 6) is 1.03. The van der Waals surface area contributed by atoms with Crippen molar-refractivity contribution in [3.63, 3.8) is 0 Å². The summed E-state index contributed by atoms with van der Waals surface area (Å²) in [6.45, 7) is 3.29. The van der Waals surface area contributed by atoms with Crippen molar-refractivity contribution in [3.8, 4) is 5.75 Å². The van der Waals surface area contributed by atoms with Crippen molar-refractivity contribution in [3.05, 3.63) is 47.8 Å². The molecule has 6 nitrogen and oxygen atoms in total. The van der Waals surface area contributed by atoms with Crippen LogP contribution in [0.1, 0.15) is 53.0 Å². The number of phenols is 1. The standard InChI is InChI=1S/C23H29N3O3/c1-24-13-10-20-21(28)11-16-26(23(29)22(20)24)12-2-3-17-8-14-25(15-9-17)18-4-6-19(27)7-5-18/h4-7,10,13,17,27H,2-3,8-9,11-12,14-16H2,1H3. The lowest BCUT2D eigenvalue weighted by Gasteiger charge is -2.34. The SMILES string of the molecule is Cn1ccc2c1C(=O)N(CCCC1CCN(c3ccc(O)cc3)CC1)CCC2=O. The molecule has 29 heavy (non-hydrogen) atoms. The molecule has 0 aliphatic carbocycles. The molecule has 2 aromatic rings. The van der Waals surface area contributed by atoms with Crippen LogP contribution < -0.4 is 4.90 Å². The molecule has 0 unspecified atom stereocenters. The Kier molecular flexibility index (Phi) is 5.60. The molecule has 4 rings (SSSR count). The first-order valence-corrected chi connectivity index (χ1v) is 10.5. The van der Waals surface area contributed by atoms with Crippen LogP contribution in [0.3, 0.4) is 0 Å². The number of piperidine rings is 1. The van der Waals surface area contributed by atoms with Crippen molar-refractivity contribution in [2.75, 3.05) is 31.1 Å². The summed E-state index contributed by atoms with van der Waals surface area (Å²) in [4.78, 5) is 29.4. The molecule has 2 aliphatic heterocycles. The van der Waals surface area contributed by atoms with Crippen LogP contribution in [0.2, 0.25) is 0 Å². The number of carbonyl (C=O) groups is 2. The fraction of sp³-hybridized carbons (Fsp3) is 0.478. The second-order valence-electron chi connectivity index (χ2n) is 8.24. The number of rotatable bonds is 5. The Hall–Kier alpha value is -2.76. The molecule has 1 aromatic heterocycles. The average Bonchev–Trinajstić information content (AvgIpc) is 3.07. The fourth-order valence-corrected chi connectivity index (χ4v) is 4.57. The summed E-state index contributed by atoms with van der Waals surface area (Å²) >= 11 is 0. The Morgan fingerprint density at radius 2 is 1.76 bits per heavy atom. The molecular formula is C23H29N3O3. The maximum Gasteiger partial charge on any atom is 0.271 e. The number of aromatic hydroxyl groups is 1. The molecule has 0 bridgehead atoms. The number of nitrogens with zero attached hydrogens (tertiary/aromatic N) is 3. The zero-order valence-corrected chi connectivity index (χ0v) is 17.0. The van der Waals surface area contributed by atoms with Crippen LogP contribution in [0.15, 0.2) is 36.5 Å². The summed E-state index contributed by atoms with van der Waals surface area (Å²) in [5, 5.41) is 9.44. The van der Waals surface area contributed by atoms with E-state index in [1.807, 2.05) is 24.1 Å². The molecule has 0 saturated carbocycles. The van der Waals surface area contributed by atoms with Crippen molar-refractivity contribution >= 4 is 17.4 Å². The van der Waals surface area contributed by atoms with Crippen LogP contribution in [0, 0.1) is 5.92 Å². The second-order valence-corrected chi connectivity index (χ2v) is 8.24. The maximum atomic E-state index is 12.9. The highest BCUT2D eigenvalue weighted by Gasteiger charge is 2.29. The minimum atomic E-state index is -0.0134. The van der Waals surface area contributed by atoms with Gasteiger partial charge in [-0.1, -0.05) is 0 Å². The fourth-order valence-electron chi connectivity index (χ4n) is 4.57. The van der Waals surface area contributed by atoms with Crippen LogP contribution in [0.5, 0.6) is 5.75 Å². The molecule has 0 spiro atoms. The third-order valence-electron chi connectivity index (χ3n) is 6.34. The minimum absolute atomic E-state index is 0.0134. The van der Waals surface area contributed by atoms with E-state index >= 15 is 0 Å². The lowest BCUT2D eigenvalue weighted by Crippen LogP contribution is -2.35. The molecule has 6 heteroatoms. The van der Waals surface area contributed by atoms with Gasteiger partial charge in [0.2, 0.25) is 0 Å². The summed E-state index contributed by atoms with van der Waals surface area (Å²) < 4.78 is 1.77. The number of Topliss-reactive ketones (excluding diaryl/α,β-unsaturated/α-hetero) is 1. The van der Waals surface area contributed by atoms with Gasteiger partial charge in [-0.3, -0.25) is 9.59 Å². The maximum absolute atomic E-state index is 12.9. The lowest BCUT2D eigenvalue weighted by molar-refractivity contribution is 0.0743. The van der Waals surface area contributed by atoms with Crippen molar-refractivity contribution in [2.45, 2.75) is 32.1 Å². The number of hydrogen-bond donors (Lipinski definition) is 1. The van der Waals surface area contributed by atoms with Gasteiger partial charge in [-0.25, -0.2) is 0 Å². The van der Waals surface area contributed by atoms with Gasteiger partial charge in [-0.05, 0) is 61.9 Å². The molecule has 1 fully saturated rings. The van der Waals surface area contributed by atoms with Crippen molar-refractivity contribution in [1.29, 1.82) is 0 Å². The molecule has 2 aliphatic rings. The van der Waals surface area contributed by atoms with E-state index < -0.39 is 0 Å². The van der Waals surface area contributed by atoms with E-state index in [4.69, 9.17) is 0 Å². The molecule has 1 amide bonds. The van der Waals surface area contributed by atoms with Gasteiger partial charge in [0, 0.05) is 57.1 Å². The monoisotopic (exact) mass is 395 g/mol. The number of amides is 1. The van der Waals surface area contributed by atoms with Gasteiger partial charge >= 0.3 is 0 Å². The Bertz CT molecular complexity index is 879. The molecule has 1 N–H and O–H groups in total. The predicted octanol–water partition coefficient (Wildman–Crippen LogP) is 3.46. The van der Waals surface area contributed by atoms with Gasteiger partial charge in [-0.2, -0.15) is 0 Å². The van der Waals surface area contributed by atoms with Crippen molar-refractivity contribution in [1.82, 2.24) is 9.47 Å². The van der Waals surface area contributed by atoms with E-state index in [0.29, 0.717) is 35.9 Å².